The van der Waals surface area contributed by atoms with E-state index in [0.29, 0.717) is 36.0 Å². The molecule has 0 fully saturated rings. The Bertz CT molecular complexity index is 707. The Balaban J connectivity index is 2.56. The summed E-state index contributed by atoms with van der Waals surface area (Å²) >= 11 is 1.66. The fourth-order valence-electron chi connectivity index (χ4n) is 2.06. The second-order valence-electron chi connectivity index (χ2n) is 4.14. The Morgan fingerprint density at radius 1 is 1.30 bits per heavy atom. The highest BCUT2D eigenvalue weighted by atomic mass is 127. The van der Waals surface area contributed by atoms with Gasteiger partial charge in [-0.15, -0.1) is 0 Å². The summed E-state index contributed by atoms with van der Waals surface area (Å²) in [6.45, 7) is 0. The number of nitriles is 1. The molecule has 0 N–H and O–H groups in total. The molecule has 9 heteroatoms. The van der Waals surface area contributed by atoms with Crippen molar-refractivity contribution in [3.05, 3.63) is 26.3 Å². The van der Waals surface area contributed by atoms with Gasteiger partial charge in [-0.1, -0.05) is 0 Å². The van der Waals surface area contributed by atoms with Gasteiger partial charge < -0.3 is 4.18 Å². The van der Waals surface area contributed by atoms with E-state index >= 15 is 0 Å². The molecule has 0 aromatic heterocycles. The minimum atomic E-state index is -5.70. The van der Waals surface area contributed by atoms with Crippen LogP contribution >= 0.6 is 22.6 Å². The van der Waals surface area contributed by atoms with Gasteiger partial charge in [0, 0.05) is 5.56 Å². The number of alkyl halides is 3. The Morgan fingerprint density at radius 3 is 2.45 bits per heavy atom. The molecule has 0 aliphatic heterocycles. The number of rotatable bonds is 2. The maximum atomic E-state index is 12.4. The third-order valence-electron chi connectivity index (χ3n) is 2.90. The van der Waals surface area contributed by atoms with Crippen LogP contribution in [0, 0.1) is 14.9 Å². The van der Waals surface area contributed by atoms with Gasteiger partial charge in [0.15, 0.2) is 5.75 Å². The van der Waals surface area contributed by atoms with Crippen molar-refractivity contribution in [2.45, 2.75) is 24.8 Å². The number of benzene rings is 1. The van der Waals surface area contributed by atoms with Crippen LogP contribution in [0.25, 0.3) is 0 Å². The summed E-state index contributed by atoms with van der Waals surface area (Å²) in [5.41, 5.74) is -4.18. The van der Waals surface area contributed by atoms with Crippen LogP contribution in [-0.2, 0) is 23.0 Å². The van der Waals surface area contributed by atoms with Crippen molar-refractivity contribution in [3.8, 4) is 11.8 Å². The van der Waals surface area contributed by atoms with Gasteiger partial charge in [0.2, 0.25) is 0 Å². The number of hydrogen-bond acceptors (Lipinski definition) is 4. The van der Waals surface area contributed by atoms with Crippen LogP contribution < -0.4 is 4.18 Å². The lowest BCUT2D eigenvalue weighted by Gasteiger charge is -2.15. The molecule has 4 nitrogen and oxygen atoms in total. The van der Waals surface area contributed by atoms with E-state index in [2.05, 4.69) is 4.18 Å². The zero-order valence-corrected chi connectivity index (χ0v) is 12.8. The topological polar surface area (TPSA) is 67.2 Å². The van der Waals surface area contributed by atoms with Crippen LogP contribution in [0.4, 0.5) is 13.2 Å². The highest BCUT2D eigenvalue weighted by molar-refractivity contribution is 14.1. The molecule has 0 atom stereocenters. The molecule has 1 aliphatic carbocycles. The van der Waals surface area contributed by atoms with Crippen molar-refractivity contribution >= 4 is 32.7 Å². The van der Waals surface area contributed by atoms with Crippen LogP contribution in [-0.4, -0.2) is 13.9 Å². The van der Waals surface area contributed by atoms with E-state index in [9.17, 15) is 21.6 Å². The minimum absolute atomic E-state index is 0.174. The molecule has 0 saturated heterocycles. The van der Waals surface area contributed by atoms with Crippen molar-refractivity contribution in [2.75, 3.05) is 0 Å². The maximum Gasteiger partial charge on any atom is 0.534 e. The number of halogens is 4. The first-order valence-electron chi connectivity index (χ1n) is 5.42. The average Bonchev–Trinajstić information content (AvgIpc) is 2.80. The minimum Gasteiger partial charge on any atom is -0.375 e. The highest BCUT2D eigenvalue weighted by Gasteiger charge is 2.49. The van der Waals surface area contributed by atoms with Gasteiger partial charge in [0.1, 0.15) is 0 Å². The number of hydrogen-bond donors (Lipinski definition) is 0. The maximum absolute atomic E-state index is 12.4. The third kappa shape index (κ3) is 2.58. The molecule has 0 saturated carbocycles. The monoisotopic (exact) mass is 417 g/mol. The second-order valence-corrected chi connectivity index (χ2v) is 6.84. The molecule has 0 bridgehead atoms. The van der Waals surface area contributed by atoms with Gasteiger partial charge in [-0.2, -0.15) is 26.9 Å². The van der Waals surface area contributed by atoms with Crippen LogP contribution in [0.3, 0.4) is 0 Å². The molecule has 0 unspecified atom stereocenters. The highest BCUT2D eigenvalue weighted by Crippen LogP contribution is 2.39. The van der Waals surface area contributed by atoms with Crippen LogP contribution in [0.5, 0.6) is 5.75 Å². The van der Waals surface area contributed by atoms with E-state index in [1.54, 1.807) is 22.6 Å². The number of nitrogens with zero attached hydrogens (tertiary/aromatic N) is 1. The molecular formula is C11H7F3INO3S. The lowest BCUT2D eigenvalue weighted by molar-refractivity contribution is -0.0500. The van der Waals surface area contributed by atoms with E-state index < -0.39 is 15.6 Å². The summed E-state index contributed by atoms with van der Waals surface area (Å²) in [6.07, 6.45) is 1.56. The summed E-state index contributed by atoms with van der Waals surface area (Å²) in [7, 11) is -5.70. The molecule has 0 spiro atoms. The zero-order chi connectivity index (χ0) is 15.1. The van der Waals surface area contributed by atoms with Crippen molar-refractivity contribution in [1.82, 2.24) is 0 Å². The van der Waals surface area contributed by atoms with Gasteiger partial charge in [0.25, 0.3) is 0 Å². The van der Waals surface area contributed by atoms with Crippen molar-refractivity contribution in [3.63, 3.8) is 0 Å². The third-order valence-corrected chi connectivity index (χ3v) is 4.66. The van der Waals surface area contributed by atoms with E-state index in [-0.39, 0.29) is 9.32 Å². The van der Waals surface area contributed by atoms with Gasteiger partial charge in [-0.25, -0.2) is 0 Å². The summed E-state index contributed by atoms with van der Waals surface area (Å²) in [4.78, 5) is 0. The molecule has 108 valence electrons. The van der Waals surface area contributed by atoms with Crippen molar-refractivity contribution in [1.29, 1.82) is 5.26 Å². The standard InChI is InChI=1S/C11H7F3INO3S/c12-11(13,14)20(17,18)19-10-8-3-1-2-7(8)6(5-16)4-9(10)15/h4H,1-3H2. The molecule has 1 aliphatic rings. The van der Waals surface area contributed by atoms with Crippen molar-refractivity contribution < 1.29 is 25.8 Å². The largest absolute Gasteiger partial charge is 0.534 e. The summed E-state index contributed by atoms with van der Waals surface area (Å²) in [6, 6.07) is 3.30. The van der Waals surface area contributed by atoms with Crippen LogP contribution in [0.2, 0.25) is 0 Å². The normalized spacial score (nSPS) is 14.8. The molecule has 1 aromatic carbocycles. The smallest absolute Gasteiger partial charge is 0.375 e. The first kappa shape index (κ1) is 15.4. The summed E-state index contributed by atoms with van der Waals surface area (Å²) < 4.78 is 63.8. The van der Waals surface area contributed by atoms with Gasteiger partial charge in [0.05, 0.1) is 15.2 Å². The van der Waals surface area contributed by atoms with E-state index in [4.69, 9.17) is 5.26 Å². The van der Waals surface area contributed by atoms with Gasteiger partial charge in [-0.05, 0) is 53.5 Å². The van der Waals surface area contributed by atoms with Crippen LogP contribution in [0.1, 0.15) is 23.1 Å². The SMILES string of the molecule is N#Cc1cc(I)c(OS(=O)(=O)C(F)(F)F)c2c1CCC2. The van der Waals surface area contributed by atoms with Crippen LogP contribution in [0.15, 0.2) is 6.07 Å². The average molecular weight is 417 g/mol. The fourth-order valence-corrected chi connectivity index (χ4v) is 3.46. The Labute approximate surface area is 126 Å². The predicted molar refractivity (Wildman–Crippen MR) is 71.5 cm³/mol. The van der Waals surface area contributed by atoms with E-state index in [1.807, 2.05) is 6.07 Å². The zero-order valence-electron chi connectivity index (χ0n) is 9.79. The van der Waals surface area contributed by atoms with Gasteiger partial charge in [-0.3, -0.25) is 0 Å². The van der Waals surface area contributed by atoms with E-state index in [0.717, 1.165) is 0 Å². The predicted octanol–water partition coefficient (Wildman–Crippen LogP) is 2.88. The number of fused-ring (bicyclic) bond motifs is 1. The molecule has 0 heterocycles. The van der Waals surface area contributed by atoms with Gasteiger partial charge >= 0.3 is 15.6 Å². The lowest BCUT2D eigenvalue weighted by Crippen LogP contribution is -2.28. The quantitative estimate of drug-likeness (QED) is 0.422. The van der Waals surface area contributed by atoms with E-state index in [1.165, 1.54) is 6.07 Å². The first-order valence-corrected chi connectivity index (χ1v) is 7.91. The summed E-state index contributed by atoms with van der Waals surface area (Å²) in [5, 5.41) is 8.99. The fraction of sp³-hybridized carbons (Fsp3) is 0.364. The molecule has 0 amide bonds. The van der Waals surface area contributed by atoms with Crippen molar-refractivity contribution in [2.24, 2.45) is 0 Å². The molecular weight excluding hydrogens is 410 g/mol. The Morgan fingerprint density at radius 2 is 1.90 bits per heavy atom. The Kier molecular flexibility index (Phi) is 3.90. The Hall–Kier alpha value is -1.02. The molecule has 0 radical (unpaired) electrons. The lowest BCUT2D eigenvalue weighted by atomic mass is 10.0. The molecule has 1 aromatic rings. The summed E-state index contributed by atoms with van der Waals surface area (Å²) in [5.74, 6) is -0.311. The molecule has 2 rings (SSSR count). The second kappa shape index (κ2) is 5.07. The molecule has 20 heavy (non-hydrogen) atoms. The first-order chi connectivity index (χ1) is 9.17.